The van der Waals surface area contributed by atoms with Crippen LogP contribution in [0, 0.1) is 10.1 Å². The molecule has 2 N–H and O–H groups in total. The van der Waals surface area contributed by atoms with Crippen molar-refractivity contribution < 1.29 is 19.6 Å². The zero-order valence-corrected chi connectivity index (χ0v) is 12.2. The maximum Gasteiger partial charge on any atom is 0.282 e. The second-order valence-electron chi connectivity index (χ2n) is 4.98. The predicted octanol–water partition coefficient (Wildman–Crippen LogP) is 1.76. The van der Waals surface area contributed by atoms with E-state index in [2.05, 4.69) is 5.43 Å². The van der Waals surface area contributed by atoms with Gasteiger partial charge in [0.25, 0.3) is 17.5 Å². The first-order valence-corrected chi connectivity index (χ1v) is 6.87. The number of carbonyl (C=O) groups is 2. The van der Waals surface area contributed by atoms with Gasteiger partial charge in [0.05, 0.1) is 16.2 Å². The van der Waals surface area contributed by atoms with Crippen molar-refractivity contribution in [3.05, 3.63) is 69.8 Å². The van der Waals surface area contributed by atoms with Gasteiger partial charge in [0.2, 0.25) is 0 Å². The number of aromatic hydroxyl groups is 1. The molecule has 1 aliphatic rings. The minimum absolute atomic E-state index is 0.0339. The molecule has 2 amide bonds. The van der Waals surface area contributed by atoms with Crippen molar-refractivity contribution in [1.82, 2.24) is 5.43 Å². The van der Waals surface area contributed by atoms with Crippen molar-refractivity contribution in [2.75, 3.05) is 5.01 Å². The Labute approximate surface area is 135 Å². The molecule has 8 heteroatoms. The number of para-hydroxylation sites is 1. The topological polar surface area (TPSA) is 113 Å². The van der Waals surface area contributed by atoms with E-state index in [0.717, 1.165) is 29.3 Å². The number of phenolic OH excluding ortho intramolecular Hbond substituents is 1. The lowest BCUT2D eigenvalue weighted by Crippen LogP contribution is -2.35. The normalized spacial score (nSPS) is 15.7. The van der Waals surface area contributed by atoms with Crippen LogP contribution in [0.2, 0.25) is 0 Å². The number of carbonyl (C=O) groups excluding carboxylic acids is 2. The number of amides is 2. The SMILES string of the molecule is O=C1NN(c2ccccc2)C(=O)C1=Cc1cc(O)ccc1[N+](=O)[O-]. The predicted molar refractivity (Wildman–Crippen MR) is 84.8 cm³/mol. The summed E-state index contributed by atoms with van der Waals surface area (Å²) >= 11 is 0. The summed E-state index contributed by atoms with van der Waals surface area (Å²) in [5.41, 5.74) is 2.25. The number of hydrogen-bond acceptors (Lipinski definition) is 5. The molecule has 0 aromatic heterocycles. The quantitative estimate of drug-likeness (QED) is 0.386. The van der Waals surface area contributed by atoms with E-state index in [1.807, 2.05) is 0 Å². The van der Waals surface area contributed by atoms with Crippen LogP contribution in [-0.2, 0) is 9.59 Å². The molecular weight excluding hydrogens is 314 g/mol. The lowest BCUT2D eigenvalue weighted by Gasteiger charge is -2.13. The van der Waals surface area contributed by atoms with Crippen LogP contribution >= 0.6 is 0 Å². The Kier molecular flexibility index (Phi) is 3.70. The van der Waals surface area contributed by atoms with Crippen molar-refractivity contribution in [1.29, 1.82) is 0 Å². The zero-order chi connectivity index (χ0) is 17.3. The van der Waals surface area contributed by atoms with Gasteiger partial charge in [-0.15, -0.1) is 0 Å². The van der Waals surface area contributed by atoms with Crippen LogP contribution in [0.5, 0.6) is 5.75 Å². The first kappa shape index (κ1) is 15.2. The molecule has 2 aromatic carbocycles. The molecule has 1 aliphatic heterocycles. The van der Waals surface area contributed by atoms with E-state index in [-0.39, 0.29) is 22.6 Å². The van der Waals surface area contributed by atoms with Gasteiger partial charge in [0.15, 0.2) is 0 Å². The van der Waals surface area contributed by atoms with Gasteiger partial charge in [-0.1, -0.05) is 18.2 Å². The lowest BCUT2D eigenvalue weighted by molar-refractivity contribution is -0.385. The largest absolute Gasteiger partial charge is 0.508 e. The van der Waals surface area contributed by atoms with Gasteiger partial charge in [-0.25, -0.2) is 5.01 Å². The third-order valence-electron chi connectivity index (χ3n) is 3.41. The number of rotatable bonds is 3. The highest BCUT2D eigenvalue weighted by Gasteiger charge is 2.35. The second-order valence-corrected chi connectivity index (χ2v) is 4.98. The number of nitro benzene ring substituents is 1. The molecule has 3 rings (SSSR count). The minimum atomic E-state index is -0.679. The van der Waals surface area contributed by atoms with E-state index >= 15 is 0 Å². The Morgan fingerprint density at radius 3 is 2.50 bits per heavy atom. The summed E-state index contributed by atoms with van der Waals surface area (Å²) in [5.74, 6) is -1.52. The summed E-state index contributed by atoms with van der Waals surface area (Å²) < 4.78 is 0. The maximum atomic E-state index is 12.4. The average Bonchev–Trinajstić information content (AvgIpc) is 2.84. The molecular formula is C16H11N3O5. The lowest BCUT2D eigenvalue weighted by atomic mass is 10.1. The summed E-state index contributed by atoms with van der Waals surface area (Å²) in [6.45, 7) is 0. The van der Waals surface area contributed by atoms with Crippen molar-refractivity contribution in [3.8, 4) is 5.75 Å². The van der Waals surface area contributed by atoms with E-state index < -0.39 is 16.7 Å². The Morgan fingerprint density at radius 2 is 1.83 bits per heavy atom. The molecule has 1 fully saturated rings. The molecule has 2 aromatic rings. The molecule has 24 heavy (non-hydrogen) atoms. The van der Waals surface area contributed by atoms with Gasteiger partial charge in [0, 0.05) is 6.07 Å². The third kappa shape index (κ3) is 2.68. The molecule has 0 bridgehead atoms. The van der Waals surface area contributed by atoms with Gasteiger partial charge in [0.1, 0.15) is 11.3 Å². The fraction of sp³-hybridized carbons (Fsp3) is 0. The van der Waals surface area contributed by atoms with Crippen LogP contribution in [-0.4, -0.2) is 21.8 Å². The van der Waals surface area contributed by atoms with Crippen LogP contribution in [0.25, 0.3) is 6.08 Å². The number of anilines is 1. The first-order valence-electron chi connectivity index (χ1n) is 6.87. The summed E-state index contributed by atoms with van der Waals surface area (Å²) in [5, 5.41) is 21.6. The van der Waals surface area contributed by atoms with E-state index in [1.165, 1.54) is 0 Å². The molecule has 1 heterocycles. The second kappa shape index (κ2) is 5.84. The monoisotopic (exact) mass is 325 g/mol. The molecule has 1 saturated heterocycles. The standard InChI is InChI=1S/C16H11N3O5/c20-12-6-7-14(19(23)24)10(8-12)9-13-15(21)17-18(16(13)22)11-4-2-1-3-5-11/h1-9,20H,(H,17,21). The fourth-order valence-electron chi connectivity index (χ4n) is 2.30. The van der Waals surface area contributed by atoms with Crippen molar-refractivity contribution in [2.45, 2.75) is 0 Å². The summed E-state index contributed by atoms with van der Waals surface area (Å²) in [6, 6.07) is 11.8. The van der Waals surface area contributed by atoms with Crippen molar-refractivity contribution in [2.24, 2.45) is 0 Å². The summed E-state index contributed by atoms with van der Waals surface area (Å²) in [6.07, 6.45) is 1.10. The Morgan fingerprint density at radius 1 is 1.12 bits per heavy atom. The van der Waals surface area contributed by atoms with Gasteiger partial charge in [-0.05, 0) is 30.3 Å². The fourth-order valence-corrected chi connectivity index (χ4v) is 2.30. The number of nitrogens with one attached hydrogen (secondary N) is 1. The smallest absolute Gasteiger partial charge is 0.282 e. The van der Waals surface area contributed by atoms with Gasteiger partial charge in [-0.3, -0.25) is 25.1 Å². The van der Waals surface area contributed by atoms with Crippen molar-refractivity contribution >= 4 is 29.3 Å². The molecule has 0 unspecified atom stereocenters. The number of hydrazine groups is 1. The Hall–Kier alpha value is -3.68. The van der Waals surface area contributed by atoms with Crippen LogP contribution in [0.15, 0.2) is 54.1 Å². The van der Waals surface area contributed by atoms with E-state index in [0.29, 0.717) is 5.69 Å². The average molecular weight is 325 g/mol. The number of nitrogens with zero attached hydrogens (tertiary/aromatic N) is 2. The Bertz CT molecular complexity index is 877. The third-order valence-corrected chi connectivity index (χ3v) is 3.41. The minimum Gasteiger partial charge on any atom is -0.508 e. The summed E-state index contributed by atoms with van der Waals surface area (Å²) in [7, 11) is 0. The number of hydrogen-bond donors (Lipinski definition) is 2. The molecule has 8 nitrogen and oxygen atoms in total. The Balaban J connectivity index is 2.03. The molecule has 0 atom stereocenters. The molecule has 0 aliphatic carbocycles. The van der Waals surface area contributed by atoms with Gasteiger partial charge in [-0.2, -0.15) is 0 Å². The van der Waals surface area contributed by atoms with Crippen LogP contribution in [0.4, 0.5) is 11.4 Å². The summed E-state index contributed by atoms with van der Waals surface area (Å²) in [4.78, 5) is 34.9. The van der Waals surface area contributed by atoms with E-state index in [9.17, 15) is 24.8 Å². The van der Waals surface area contributed by atoms with Crippen molar-refractivity contribution in [3.63, 3.8) is 0 Å². The highest BCUT2D eigenvalue weighted by atomic mass is 16.6. The number of phenols is 1. The zero-order valence-electron chi connectivity index (χ0n) is 12.2. The maximum absolute atomic E-state index is 12.4. The molecule has 0 spiro atoms. The molecule has 0 radical (unpaired) electrons. The first-order chi connectivity index (χ1) is 11.5. The number of benzene rings is 2. The molecule has 120 valence electrons. The highest BCUT2D eigenvalue weighted by Crippen LogP contribution is 2.27. The van der Waals surface area contributed by atoms with Crippen LogP contribution in [0.1, 0.15) is 5.56 Å². The number of nitro groups is 1. The molecule has 0 saturated carbocycles. The van der Waals surface area contributed by atoms with Crippen LogP contribution < -0.4 is 10.4 Å². The van der Waals surface area contributed by atoms with Gasteiger partial charge < -0.3 is 5.11 Å². The van der Waals surface area contributed by atoms with E-state index in [4.69, 9.17) is 0 Å². The van der Waals surface area contributed by atoms with Gasteiger partial charge >= 0.3 is 0 Å². The van der Waals surface area contributed by atoms with E-state index in [1.54, 1.807) is 30.3 Å². The van der Waals surface area contributed by atoms with Crippen LogP contribution in [0.3, 0.4) is 0 Å². The highest BCUT2D eigenvalue weighted by molar-refractivity contribution is 6.31.